The van der Waals surface area contributed by atoms with E-state index < -0.39 is 0 Å². The largest absolute Gasteiger partial charge is 2.00 e. The van der Waals surface area contributed by atoms with Gasteiger partial charge in [0.15, 0.2) is 0 Å². The van der Waals surface area contributed by atoms with Gasteiger partial charge in [0.1, 0.15) is 0 Å². The molecule has 0 amide bonds. The SMILES string of the molecule is C/C(=N\O)c1cc(C(C)(C)CC(C)(C)C)ccc1[O-].C/C(=N\O)c1cc(C(C)(C)CC(C)(C)C)ccc1[O-].[Ni+2]. The summed E-state index contributed by atoms with van der Waals surface area (Å²) in [6.45, 7) is 25.2. The fraction of sp³-hybridized carbons (Fsp3) is 0.562. The van der Waals surface area contributed by atoms with Crippen molar-refractivity contribution < 1.29 is 37.1 Å². The van der Waals surface area contributed by atoms with Crippen molar-refractivity contribution in [3.8, 4) is 11.5 Å². The Morgan fingerprint density at radius 3 is 1.13 bits per heavy atom. The Hall–Kier alpha value is -2.53. The van der Waals surface area contributed by atoms with E-state index in [2.05, 4.69) is 79.5 Å². The minimum Gasteiger partial charge on any atom is -0.872 e. The molecule has 0 bridgehead atoms. The van der Waals surface area contributed by atoms with Gasteiger partial charge in [0.2, 0.25) is 0 Å². The van der Waals surface area contributed by atoms with E-state index in [0.29, 0.717) is 22.6 Å². The van der Waals surface area contributed by atoms with E-state index in [9.17, 15) is 10.2 Å². The maximum atomic E-state index is 11.8. The van der Waals surface area contributed by atoms with Crippen molar-refractivity contribution in [3.63, 3.8) is 0 Å². The van der Waals surface area contributed by atoms with Crippen molar-refractivity contribution in [1.82, 2.24) is 0 Å². The summed E-state index contributed by atoms with van der Waals surface area (Å²) < 4.78 is 0. The van der Waals surface area contributed by atoms with Gasteiger partial charge in [-0.3, -0.25) is 0 Å². The van der Waals surface area contributed by atoms with Crippen LogP contribution in [0.4, 0.5) is 0 Å². The Labute approximate surface area is 246 Å². The van der Waals surface area contributed by atoms with Gasteiger partial charge >= 0.3 is 16.5 Å². The van der Waals surface area contributed by atoms with E-state index >= 15 is 0 Å². The summed E-state index contributed by atoms with van der Waals surface area (Å²) in [6.07, 6.45) is 2.01. The molecule has 2 aromatic rings. The summed E-state index contributed by atoms with van der Waals surface area (Å²) in [7, 11) is 0. The fourth-order valence-corrected chi connectivity index (χ4v) is 5.43. The summed E-state index contributed by atoms with van der Waals surface area (Å²) in [5, 5.41) is 47.5. The van der Waals surface area contributed by atoms with Gasteiger partial charge in [-0.2, -0.15) is 0 Å². The Morgan fingerprint density at radius 1 is 0.615 bits per heavy atom. The summed E-state index contributed by atoms with van der Waals surface area (Å²) in [6, 6.07) is 10.6. The van der Waals surface area contributed by atoms with Crippen molar-refractivity contribution in [1.29, 1.82) is 0 Å². The molecule has 0 atom stereocenters. The Kier molecular flexibility index (Phi) is 12.8. The van der Waals surface area contributed by atoms with E-state index in [-0.39, 0.29) is 49.7 Å². The van der Waals surface area contributed by atoms with Gasteiger partial charge in [-0.25, -0.2) is 0 Å². The first-order valence-electron chi connectivity index (χ1n) is 13.1. The van der Waals surface area contributed by atoms with Crippen LogP contribution in [0.1, 0.15) is 118 Å². The quantitative estimate of drug-likeness (QED) is 0.160. The Balaban J connectivity index is 0.000000722. The number of rotatable bonds is 6. The van der Waals surface area contributed by atoms with E-state index in [0.717, 1.165) is 24.0 Å². The summed E-state index contributed by atoms with van der Waals surface area (Å²) in [5.41, 5.74) is 4.22. The van der Waals surface area contributed by atoms with Crippen LogP contribution in [0.2, 0.25) is 0 Å². The molecule has 0 spiro atoms. The molecule has 39 heavy (non-hydrogen) atoms. The standard InChI is InChI=1S/2C16H25NO2.Ni/c2*1-11(17-19)13-9-12(7-8-14(13)18)16(5,6)10-15(2,3)4;/h2*7-9,18-19H,10H2,1-6H3;/q;;+2/p-2/b2*17-11+;. The molecule has 0 saturated carbocycles. The van der Waals surface area contributed by atoms with Crippen LogP contribution in [0.15, 0.2) is 46.7 Å². The molecule has 0 heterocycles. The van der Waals surface area contributed by atoms with Crippen molar-refractivity contribution >= 4 is 11.4 Å². The zero-order valence-electron chi connectivity index (χ0n) is 25.8. The predicted octanol–water partition coefficient (Wildman–Crippen LogP) is 7.34. The zero-order chi connectivity index (χ0) is 29.7. The maximum Gasteiger partial charge on any atom is 2.00 e. The van der Waals surface area contributed by atoms with Gasteiger partial charge in [-0.05, 0) is 82.7 Å². The summed E-state index contributed by atoms with van der Waals surface area (Å²) in [4.78, 5) is 0. The van der Waals surface area contributed by atoms with Gasteiger partial charge in [-0.1, -0.05) is 115 Å². The predicted molar refractivity (Wildman–Crippen MR) is 154 cm³/mol. The first-order chi connectivity index (χ1) is 17.1. The summed E-state index contributed by atoms with van der Waals surface area (Å²) in [5.74, 6) is -0.212. The van der Waals surface area contributed by atoms with Crippen LogP contribution < -0.4 is 10.2 Å². The number of oxime groups is 2. The molecule has 6 nitrogen and oxygen atoms in total. The number of hydrogen-bond donors (Lipinski definition) is 2. The van der Waals surface area contributed by atoms with Crippen LogP contribution in [0.3, 0.4) is 0 Å². The molecule has 0 unspecified atom stereocenters. The van der Waals surface area contributed by atoms with Crippen LogP contribution in [0.5, 0.6) is 11.5 Å². The average Bonchev–Trinajstić information content (AvgIpc) is 2.75. The van der Waals surface area contributed by atoms with Gasteiger partial charge in [0.05, 0.1) is 11.4 Å². The topological polar surface area (TPSA) is 111 Å². The molecular formula is C32H48N2NiO4. The van der Waals surface area contributed by atoms with Crippen molar-refractivity contribution in [2.45, 2.75) is 107 Å². The molecule has 0 radical (unpaired) electrons. The molecule has 0 aliphatic rings. The smallest absolute Gasteiger partial charge is 0.872 e. The second-order valence-corrected chi connectivity index (χ2v) is 14.0. The normalized spacial score (nSPS) is 13.3. The van der Waals surface area contributed by atoms with Crippen LogP contribution in [0, 0.1) is 10.8 Å². The molecule has 0 aliphatic heterocycles. The van der Waals surface area contributed by atoms with Crippen LogP contribution in [-0.4, -0.2) is 21.8 Å². The van der Waals surface area contributed by atoms with Gasteiger partial charge < -0.3 is 20.6 Å². The van der Waals surface area contributed by atoms with Gasteiger partial charge in [0, 0.05) is 0 Å². The third-order valence-corrected chi connectivity index (χ3v) is 6.55. The van der Waals surface area contributed by atoms with Crippen LogP contribution in [-0.2, 0) is 27.3 Å². The first kappa shape index (κ1) is 36.5. The molecule has 0 aromatic heterocycles. The van der Waals surface area contributed by atoms with Crippen molar-refractivity contribution in [2.75, 3.05) is 0 Å². The molecule has 2 aromatic carbocycles. The van der Waals surface area contributed by atoms with E-state index in [1.807, 2.05) is 24.3 Å². The second kappa shape index (κ2) is 13.7. The number of nitrogens with zero attached hydrogens (tertiary/aromatic N) is 2. The fourth-order valence-electron chi connectivity index (χ4n) is 5.43. The first-order valence-corrected chi connectivity index (χ1v) is 13.1. The maximum absolute atomic E-state index is 11.8. The van der Waals surface area contributed by atoms with Gasteiger partial charge in [-0.15, -0.1) is 0 Å². The van der Waals surface area contributed by atoms with E-state index in [1.165, 1.54) is 0 Å². The zero-order valence-corrected chi connectivity index (χ0v) is 26.8. The number of benzene rings is 2. The van der Waals surface area contributed by atoms with Gasteiger partial charge in [0.25, 0.3) is 0 Å². The second-order valence-electron chi connectivity index (χ2n) is 14.0. The third-order valence-electron chi connectivity index (χ3n) is 6.55. The Bertz CT molecular complexity index is 1060. The van der Waals surface area contributed by atoms with Crippen LogP contribution in [0.25, 0.3) is 0 Å². The molecule has 0 fully saturated rings. The molecule has 2 N–H and O–H groups in total. The van der Waals surface area contributed by atoms with Crippen molar-refractivity contribution in [3.05, 3.63) is 58.7 Å². The number of hydrogen-bond acceptors (Lipinski definition) is 6. The van der Waals surface area contributed by atoms with E-state index in [1.54, 1.807) is 26.0 Å². The summed E-state index contributed by atoms with van der Waals surface area (Å²) >= 11 is 0. The van der Waals surface area contributed by atoms with E-state index in [4.69, 9.17) is 10.4 Å². The molecule has 7 heteroatoms. The molecule has 0 saturated heterocycles. The third kappa shape index (κ3) is 11.2. The van der Waals surface area contributed by atoms with Crippen molar-refractivity contribution in [2.24, 2.45) is 21.1 Å². The monoisotopic (exact) mass is 582 g/mol. The minimum atomic E-state index is -0.106. The molecular weight excluding hydrogens is 535 g/mol. The van der Waals surface area contributed by atoms with Crippen LogP contribution >= 0.6 is 0 Å². The Morgan fingerprint density at radius 2 is 0.897 bits per heavy atom. The molecule has 220 valence electrons. The molecule has 2 rings (SSSR count). The minimum absolute atomic E-state index is 0. The molecule has 0 aliphatic carbocycles. The average molecular weight is 583 g/mol.